The third-order valence-corrected chi connectivity index (χ3v) is 7.85. The molecule has 3 fully saturated rings. The molecule has 0 aliphatic carbocycles. The average molecular weight is 504 g/mol. The number of benzene rings is 2. The lowest BCUT2D eigenvalue weighted by Gasteiger charge is -2.51. The molecule has 3 saturated heterocycles. The van der Waals surface area contributed by atoms with Crippen LogP contribution < -0.4 is 19.9 Å². The monoisotopic (exact) mass is 503 g/mol. The number of carbonyl (C=O) groups excluding carboxylic acids is 4. The molecule has 0 bridgehead atoms. The second-order valence-corrected chi connectivity index (χ2v) is 9.74. The van der Waals surface area contributed by atoms with E-state index in [2.05, 4.69) is 11.9 Å². The number of para-hydroxylation sites is 1. The number of allylic oxidation sites excluding steroid dienone is 1. The number of imide groups is 1. The Morgan fingerprint density at radius 3 is 2.27 bits per heavy atom. The molecule has 0 unspecified atom stereocenters. The first kappa shape index (κ1) is 24.7. The molecule has 3 aliphatic rings. The summed E-state index contributed by atoms with van der Waals surface area (Å²) in [5, 5.41) is 3.29. The van der Waals surface area contributed by atoms with Crippen LogP contribution in [0.4, 0.5) is 11.4 Å². The van der Waals surface area contributed by atoms with Crippen molar-refractivity contribution in [1.29, 1.82) is 0 Å². The molecule has 0 saturated carbocycles. The van der Waals surface area contributed by atoms with Gasteiger partial charge in [-0.3, -0.25) is 24.5 Å². The van der Waals surface area contributed by atoms with Gasteiger partial charge >= 0.3 is 5.97 Å². The summed E-state index contributed by atoms with van der Waals surface area (Å²) >= 11 is 0. The quantitative estimate of drug-likeness (QED) is 0.268. The van der Waals surface area contributed by atoms with Gasteiger partial charge in [-0.15, -0.1) is 6.58 Å². The van der Waals surface area contributed by atoms with Crippen molar-refractivity contribution in [2.45, 2.75) is 31.0 Å². The first-order valence-corrected chi connectivity index (χ1v) is 12.2. The summed E-state index contributed by atoms with van der Waals surface area (Å²) in [6, 6.07) is 14.5. The normalized spacial score (nSPS) is 30.7. The summed E-state index contributed by atoms with van der Waals surface area (Å²) in [6.07, 6.45) is 2.07. The molecule has 9 nitrogen and oxygen atoms in total. The highest BCUT2D eigenvalue weighted by atomic mass is 16.5. The molecular weight excluding hydrogens is 474 g/mol. The minimum absolute atomic E-state index is 0.114. The van der Waals surface area contributed by atoms with Gasteiger partial charge in [0, 0.05) is 11.7 Å². The smallest absolute Gasteiger partial charge is 0.326 e. The maximum atomic E-state index is 13.9. The Balaban J connectivity index is 1.59. The third kappa shape index (κ3) is 3.56. The molecule has 0 spiro atoms. The van der Waals surface area contributed by atoms with Crippen molar-refractivity contribution in [3.63, 3.8) is 0 Å². The number of amides is 3. The van der Waals surface area contributed by atoms with Crippen LogP contribution in [-0.4, -0.2) is 55.5 Å². The first-order valence-electron chi connectivity index (χ1n) is 12.2. The van der Waals surface area contributed by atoms with Crippen molar-refractivity contribution in [3.8, 4) is 5.75 Å². The number of carbonyl (C=O) groups is 4. The summed E-state index contributed by atoms with van der Waals surface area (Å²) in [4.78, 5) is 56.8. The van der Waals surface area contributed by atoms with Crippen molar-refractivity contribution in [2.24, 2.45) is 17.8 Å². The molecular formula is C28H29N3O6. The number of esters is 1. The lowest BCUT2D eigenvalue weighted by Crippen LogP contribution is -2.70. The molecule has 9 heteroatoms. The highest BCUT2D eigenvalue weighted by molar-refractivity contribution is 6.24. The van der Waals surface area contributed by atoms with Crippen LogP contribution in [0.2, 0.25) is 0 Å². The molecule has 37 heavy (non-hydrogen) atoms. The van der Waals surface area contributed by atoms with Gasteiger partial charge in [0.15, 0.2) is 0 Å². The number of nitrogens with zero attached hydrogens (tertiary/aromatic N) is 2. The molecule has 2 aromatic rings. The van der Waals surface area contributed by atoms with Gasteiger partial charge in [-0.1, -0.05) is 24.3 Å². The van der Waals surface area contributed by atoms with Gasteiger partial charge < -0.3 is 14.4 Å². The van der Waals surface area contributed by atoms with Crippen molar-refractivity contribution in [1.82, 2.24) is 5.32 Å². The van der Waals surface area contributed by atoms with E-state index in [0.717, 1.165) is 4.90 Å². The summed E-state index contributed by atoms with van der Waals surface area (Å²) in [6.45, 7) is 5.40. The molecule has 5 rings (SSSR count). The molecule has 192 valence electrons. The predicted molar refractivity (Wildman–Crippen MR) is 136 cm³/mol. The van der Waals surface area contributed by atoms with Crippen LogP contribution in [0.3, 0.4) is 0 Å². The second-order valence-electron chi connectivity index (χ2n) is 9.74. The number of β-lactam (4-membered cyclic amide) rings is 1. The first-order chi connectivity index (χ1) is 17.8. The van der Waals surface area contributed by atoms with Crippen molar-refractivity contribution < 1.29 is 28.7 Å². The fraction of sp³-hybridized carbons (Fsp3) is 0.357. The highest BCUT2D eigenvalue weighted by Gasteiger charge is 2.70. The van der Waals surface area contributed by atoms with Gasteiger partial charge in [-0.25, -0.2) is 4.90 Å². The number of rotatable bonds is 7. The van der Waals surface area contributed by atoms with Gasteiger partial charge in [0.2, 0.25) is 17.7 Å². The molecule has 0 aromatic heterocycles. The van der Waals surface area contributed by atoms with Crippen LogP contribution in [0.5, 0.6) is 5.75 Å². The number of anilines is 2. The SMILES string of the molecule is C=CC[C@H]1C(=O)N(c2ccc(OC)cc2)[C@H]1[C@H]1N[C@@](C)(C(=O)OC)[C@H]2C(=O)N(c3ccccc3)C(=O)[C@@H]12. The zero-order valence-electron chi connectivity index (χ0n) is 20.9. The Labute approximate surface area is 215 Å². The van der Waals surface area contributed by atoms with E-state index in [1.807, 2.05) is 0 Å². The van der Waals surface area contributed by atoms with Crippen molar-refractivity contribution in [3.05, 3.63) is 67.3 Å². The number of ether oxygens (including phenoxy) is 2. The Morgan fingerprint density at radius 2 is 1.68 bits per heavy atom. The van der Waals surface area contributed by atoms with E-state index in [-0.39, 0.29) is 5.91 Å². The summed E-state index contributed by atoms with van der Waals surface area (Å²) in [7, 11) is 2.81. The van der Waals surface area contributed by atoms with Crippen LogP contribution in [0.1, 0.15) is 13.3 Å². The standard InChI is InChI=1S/C28H29N3O6/c1-5-9-19-23(30(24(19)32)17-12-14-18(36-3)15-13-17)22-20-21(28(2,29-22)27(35)37-4)26(34)31(25(20)33)16-10-7-6-8-11-16/h5-8,10-15,19-23,29H,1,9H2,2-4H3/t19-,20-,21-,22+,23-,28-/m1/s1. The maximum absolute atomic E-state index is 13.9. The number of hydrogen-bond donors (Lipinski definition) is 1. The summed E-state index contributed by atoms with van der Waals surface area (Å²) in [5.41, 5.74) is -0.376. The van der Waals surface area contributed by atoms with E-state index in [0.29, 0.717) is 23.5 Å². The van der Waals surface area contributed by atoms with Crippen molar-refractivity contribution in [2.75, 3.05) is 24.0 Å². The minimum atomic E-state index is -1.46. The molecule has 2 aromatic carbocycles. The van der Waals surface area contributed by atoms with E-state index in [4.69, 9.17) is 9.47 Å². The zero-order valence-corrected chi connectivity index (χ0v) is 20.9. The number of hydrogen-bond acceptors (Lipinski definition) is 7. The molecule has 1 N–H and O–H groups in total. The van der Waals surface area contributed by atoms with Crippen LogP contribution in [0, 0.1) is 17.8 Å². The molecule has 0 radical (unpaired) electrons. The second kappa shape index (κ2) is 9.15. The van der Waals surface area contributed by atoms with E-state index in [1.165, 1.54) is 7.11 Å². The van der Waals surface area contributed by atoms with Gasteiger partial charge in [0.05, 0.1) is 43.7 Å². The number of methoxy groups -OCH3 is 2. The third-order valence-electron chi connectivity index (χ3n) is 7.85. The molecule has 6 atom stereocenters. The number of nitrogens with one attached hydrogen (secondary N) is 1. The van der Waals surface area contributed by atoms with Gasteiger partial charge in [-0.2, -0.15) is 0 Å². The van der Waals surface area contributed by atoms with Crippen LogP contribution in [0.15, 0.2) is 67.3 Å². The summed E-state index contributed by atoms with van der Waals surface area (Å²) < 4.78 is 10.3. The highest BCUT2D eigenvalue weighted by Crippen LogP contribution is 2.50. The molecule has 3 aliphatic heterocycles. The zero-order chi connectivity index (χ0) is 26.5. The summed E-state index contributed by atoms with van der Waals surface area (Å²) in [5.74, 6) is -3.31. The lowest BCUT2D eigenvalue weighted by molar-refractivity contribution is -0.151. The Kier molecular flexibility index (Phi) is 6.11. The molecule has 3 heterocycles. The Bertz CT molecular complexity index is 1260. The van der Waals surface area contributed by atoms with Gasteiger partial charge in [-0.05, 0) is 49.7 Å². The largest absolute Gasteiger partial charge is 0.497 e. The van der Waals surface area contributed by atoms with Crippen LogP contribution in [0.25, 0.3) is 0 Å². The van der Waals surface area contributed by atoms with E-state index in [1.54, 1.807) is 79.6 Å². The fourth-order valence-electron chi connectivity index (χ4n) is 6.16. The van der Waals surface area contributed by atoms with E-state index >= 15 is 0 Å². The topological polar surface area (TPSA) is 105 Å². The minimum Gasteiger partial charge on any atom is -0.497 e. The number of fused-ring (bicyclic) bond motifs is 1. The van der Waals surface area contributed by atoms with Gasteiger partial charge in [0.25, 0.3) is 0 Å². The Morgan fingerprint density at radius 1 is 1.00 bits per heavy atom. The predicted octanol–water partition coefficient (Wildman–Crippen LogP) is 2.31. The fourth-order valence-corrected chi connectivity index (χ4v) is 6.16. The van der Waals surface area contributed by atoms with E-state index < -0.39 is 53.2 Å². The Hall–Kier alpha value is -3.98. The van der Waals surface area contributed by atoms with Crippen LogP contribution in [-0.2, 0) is 23.9 Å². The van der Waals surface area contributed by atoms with Gasteiger partial charge in [0.1, 0.15) is 11.3 Å². The van der Waals surface area contributed by atoms with Crippen LogP contribution >= 0.6 is 0 Å². The maximum Gasteiger partial charge on any atom is 0.326 e. The van der Waals surface area contributed by atoms with E-state index in [9.17, 15) is 19.2 Å². The molecule has 3 amide bonds. The average Bonchev–Trinajstić information content (AvgIpc) is 3.38. The van der Waals surface area contributed by atoms with Crippen molar-refractivity contribution >= 4 is 35.1 Å². The lowest BCUT2D eigenvalue weighted by atomic mass is 9.73.